The first-order valence-electron chi connectivity index (χ1n) is 9.39. The number of aliphatic hydroxyl groups excluding tert-OH is 1. The summed E-state index contributed by atoms with van der Waals surface area (Å²) in [6.45, 7) is 7.49. The average molecular weight is 345 g/mol. The molecule has 0 saturated carbocycles. The summed E-state index contributed by atoms with van der Waals surface area (Å²) in [5.41, 5.74) is 10.4. The molecule has 2 aliphatic rings. The van der Waals surface area contributed by atoms with Crippen LogP contribution in [0.5, 0.6) is 0 Å². The molecule has 0 aliphatic carbocycles. The van der Waals surface area contributed by atoms with E-state index in [1.807, 2.05) is 13.1 Å². The van der Waals surface area contributed by atoms with Gasteiger partial charge in [0.1, 0.15) is 0 Å². The van der Waals surface area contributed by atoms with Crippen LogP contribution in [0, 0.1) is 12.8 Å². The summed E-state index contributed by atoms with van der Waals surface area (Å²) < 4.78 is 5.72. The van der Waals surface area contributed by atoms with Gasteiger partial charge in [0.25, 0.3) is 0 Å². The second-order valence-electron chi connectivity index (χ2n) is 7.40. The molecule has 5 heteroatoms. The van der Waals surface area contributed by atoms with Gasteiger partial charge in [-0.25, -0.2) is 0 Å². The van der Waals surface area contributed by atoms with E-state index in [1.165, 1.54) is 24.1 Å². The fraction of sp³-hybridized carbons (Fsp3) is 0.600. The molecular formula is C20H31N3O2. The lowest BCUT2D eigenvalue weighted by atomic mass is 9.93. The summed E-state index contributed by atoms with van der Waals surface area (Å²) in [6, 6.07) is 6.38. The number of hydrogen-bond acceptors (Lipinski definition) is 5. The maximum atomic E-state index is 9.62. The van der Waals surface area contributed by atoms with Crippen molar-refractivity contribution in [1.82, 2.24) is 5.32 Å². The quantitative estimate of drug-likeness (QED) is 0.737. The highest BCUT2D eigenvalue weighted by Gasteiger charge is 2.30. The van der Waals surface area contributed by atoms with Crippen molar-refractivity contribution >= 4 is 11.4 Å². The zero-order chi connectivity index (χ0) is 17.8. The van der Waals surface area contributed by atoms with E-state index in [-0.39, 0.29) is 6.10 Å². The second-order valence-corrected chi connectivity index (χ2v) is 7.40. The molecule has 25 heavy (non-hydrogen) atoms. The van der Waals surface area contributed by atoms with Gasteiger partial charge in [0.15, 0.2) is 0 Å². The van der Waals surface area contributed by atoms with E-state index >= 15 is 0 Å². The third-order valence-electron chi connectivity index (χ3n) is 5.36. The third kappa shape index (κ3) is 4.47. The molecule has 4 N–H and O–H groups in total. The van der Waals surface area contributed by atoms with Crippen molar-refractivity contribution < 1.29 is 9.84 Å². The molecule has 2 aliphatic heterocycles. The Morgan fingerprint density at radius 1 is 1.44 bits per heavy atom. The highest BCUT2D eigenvalue weighted by molar-refractivity contribution is 5.68. The number of rotatable bonds is 6. The van der Waals surface area contributed by atoms with Gasteiger partial charge in [-0.15, -0.1) is 0 Å². The largest absolute Gasteiger partial charge is 0.397 e. The molecule has 2 heterocycles. The molecule has 0 bridgehead atoms. The van der Waals surface area contributed by atoms with Crippen molar-refractivity contribution in [3.63, 3.8) is 0 Å². The number of nitrogens with zero attached hydrogens (tertiary/aromatic N) is 1. The monoisotopic (exact) mass is 345 g/mol. The van der Waals surface area contributed by atoms with E-state index in [4.69, 9.17) is 10.5 Å². The Hall–Kier alpha value is -1.72. The van der Waals surface area contributed by atoms with Crippen LogP contribution >= 0.6 is 0 Å². The molecule has 2 unspecified atom stereocenters. The van der Waals surface area contributed by atoms with Gasteiger partial charge in [-0.3, -0.25) is 0 Å². The van der Waals surface area contributed by atoms with Crippen molar-refractivity contribution in [1.29, 1.82) is 0 Å². The highest BCUT2D eigenvalue weighted by Crippen LogP contribution is 2.29. The Bertz CT molecular complexity index is 603. The number of benzene rings is 1. The zero-order valence-electron chi connectivity index (χ0n) is 15.4. The highest BCUT2D eigenvalue weighted by atomic mass is 16.5. The normalized spacial score (nSPS) is 23.2. The van der Waals surface area contributed by atoms with Crippen LogP contribution in [0.15, 0.2) is 24.4 Å². The summed E-state index contributed by atoms with van der Waals surface area (Å²) in [6.07, 6.45) is 5.52. The van der Waals surface area contributed by atoms with E-state index in [1.54, 1.807) is 0 Å². The number of nitrogens with two attached hydrogens (primary N) is 1. The number of anilines is 1. The topological polar surface area (TPSA) is 70.8 Å². The van der Waals surface area contributed by atoms with Crippen LogP contribution in [0.4, 0.5) is 5.69 Å². The average Bonchev–Trinajstić information content (AvgIpc) is 2.54. The van der Waals surface area contributed by atoms with Gasteiger partial charge in [0.05, 0.1) is 17.9 Å². The summed E-state index contributed by atoms with van der Waals surface area (Å²) >= 11 is 0. The minimum Gasteiger partial charge on any atom is -0.397 e. The number of hydrogen-bond donors (Lipinski definition) is 3. The van der Waals surface area contributed by atoms with Crippen LogP contribution in [0.2, 0.25) is 0 Å². The van der Waals surface area contributed by atoms with Crippen molar-refractivity contribution in [3.05, 3.63) is 35.5 Å². The van der Waals surface area contributed by atoms with Gasteiger partial charge in [-0.05, 0) is 50.8 Å². The third-order valence-corrected chi connectivity index (χ3v) is 5.36. The predicted octanol–water partition coefficient (Wildman–Crippen LogP) is 2.23. The molecule has 1 aromatic rings. The lowest BCUT2D eigenvalue weighted by molar-refractivity contribution is 0.0188. The van der Waals surface area contributed by atoms with Gasteiger partial charge >= 0.3 is 0 Å². The van der Waals surface area contributed by atoms with Crippen LogP contribution in [0.25, 0.3) is 5.70 Å². The summed E-state index contributed by atoms with van der Waals surface area (Å²) in [5.74, 6) is 0.385. The number of aliphatic hydroxyl groups is 1. The van der Waals surface area contributed by atoms with Crippen LogP contribution in [0.3, 0.4) is 0 Å². The van der Waals surface area contributed by atoms with Gasteiger partial charge in [0.2, 0.25) is 0 Å². The summed E-state index contributed by atoms with van der Waals surface area (Å²) in [7, 11) is 0. The molecule has 0 spiro atoms. The van der Waals surface area contributed by atoms with Crippen molar-refractivity contribution in [2.75, 3.05) is 31.1 Å². The molecule has 138 valence electrons. The lowest BCUT2D eigenvalue weighted by Gasteiger charge is -2.42. The molecule has 5 nitrogen and oxygen atoms in total. The van der Waals surface area contributed by atoms with Gasteiger partial charge in [-0.2, -0.15) is 0 Å². The molecule has 0 aromatic heterocycles. The Morgan fingerprint density at radius 3 is 2.88 bits per heavy atom. The SMILES string of the molecule is Cc1cc(N2CC(C(C)O)C2)ccc1/C(N)=C/NCC1CCCCO1. The number of nitrogens with one attached hydrogen (secondary N) is 1. The van der Waals surface area contributed by atoms with Crippen molar-refractivity contribution in [2.45, 2.75) is 45.3 Å². The molecule has 2 fully saturated rings. The second kappa shape index (κ2) is 8.11. The Balaban J connectivity index is 1.55. The van der Waals surface area contributed by atoms with E-state index in [2.05, 4.69) is 35.3 Å². The Labute approximate surface area is 150 Å². The molecule has 0 amide bonds. The number of aryl methyl sites for hydroxylation is 1. The number of ether oxygens (including phenoxy) is 1. The van der Waals surface area contributed by atoms with E-state index in [0.717, 1.165) is 43.9 Å². The van der Waals surface area contributed by atoms with E-state index in [9.17, 15) is 5.11 Å². The van der Waals surface area contributed by atoms with Gasteiger partial charge in [0, 0.05) is 49.6 Å². The van der Waals surface area contributed by atoms with Gasteiger partial charge in [-0.1, -0.05) is 6.07 Å². The molecule has 0 radical (unpaired) electrons. The molecule has 3 rings (SSSR count). The van der Waals surface area contributed by atoms with Crippen molar-refractivity contribution in [3.8, 4) is 0 Å². The minimum atomic E-state index is -0.227. The van der Waals surface area contributed by atoms with Crippen LogP contribution < -0.4 is 16.0 Å². The Kier molecular flexibility index (Phi) is 5.86. The maximum Gasteiger partial charge on any atom is 0.0747 e. The predicted molar refractivity (Wildman–Crippen MR) is 102 cm³/mol. The summed E-state index contributed by atoms with van der Waals surface area (Å²) in [4.78, 5) is 2.30. The minimum absolute atomic E-state index is 0.227. The summed E-state index contributed by atoms with van der Waals surface area (Å²) in [5, 5.41) is 12.9. The standard InChI is InChI=1S/C20H31N3O2/c1-14-9-17(23-12-16(13-23)15(2)24)6-7-19(14)20(21)11-22-10-18-5-3-4-8-25-18/h6-7,9,11,15-16,18,22,24H,3-5,8,10,12-13,21H2,1-2H3/b20-11-. The van der Waals surface area contributed by atoms with Crippen LogP contribution in [-0.2, 0) is 4.74 Å². The van der Waals surface area contributed by atoms with E-state index in [0.29, 0.717) is 12.0 Å². The molecular weight excluding hydrogens is 314 g/mol. The Morgan fingerprint density at radius 2 is 2.24 bits per heavy atom. The fourth-order valence-electron chi connectivity index (χ4n) is 3.54. The van der Waals surface area contributed by atoms with Crippen molar-refractivity contribution in [2.24, 2.45) is 11.7 Å². The van der Waals surface area contributed by atoms with Crippen LogP contribution in [0.1, 0.15) is 37.3 Å². The first-order valence-corrected chi connectivity index (χ1v) is 9.39. The lowest BCUT2D eigenvalue weighted by Crippen LogP contribution is -2.51. The first kappa shape index (κ1) is 18.1. The zero-order valence-corrected chi connectivity index (χ0v) is 15.4. The molecule has 1 aromatic carbocycles. The smallest absolute Gasteiger partial charge is 0.0747 e. The fourth-order valence-corrected chi connectivity index (χ4v) is 3.54. The molecule has 2 saturated heterocycles. The molecule has 2 atom stereocenters. The first-order chi connectivity index (χ1) is 12.0. The van der Waals surface area contributed by atoms with Crippen LogP contribution in [-0.4, -0.2) is 43.6 Å². The maximum absolute atomic E-state index is 9.62. The van der Waals surface area contributed by atoms with E-state index < -0.39 is 0 Å². The van der Waals surface area contributed by atoms with Gasteiger partial charge < -0.3 is 25.8 Å².